The number of amides is 2. The first-order valence-electron chi connectivity index (χ1n) is 15.3. The van der Waals surface area contributed by atoms with Crippen molar-refractivity contribution in [2.45, 2.75) is 77.7 Å². The highest BCUT2D eigenvalue weighted by Gasteiger charge is 2.37. The molecule has 1 aromatic heterocycles. The van der Waals surface area contributed by atoms with Crippen LogP contribution >= 0.6 is 0 Å². The van der Waals surface area contributed by atoms with Gasteiger partial charge in [-0.2, -0.15) is 0 Å². The lowest BCUT2D eigenvalue weighted by atomic mass is 9.66. The van der Waals surface area contributed by atoms with Gasteiger partial charge in [0, 0.05) is 39.1 Å². The van der Waals surface area contributed by atoms with Crippen molar-refractivity contribution in [2.75, 3.05) is 40.0 Å². The SMILES string of the molecule is CCCOB([C@H](CC(C)C)NC(=O)[C@H](Cc1ccccc1)NC(=O)c1cnccn1)N(CCCCCCN)CCOC. The van der Waals surface area contributed by atoms with Crippen LogP contribution in [0.1, 0.15) is 75.3 Å². The Morgan fingerprint density at radius 1 is 1.02 bits per heavy atom. The van der Waals surface area contributed by atoms with Crippen LogP contribution in [-0.2, 0) is 20.6 Å². The molecule has 42 heavy (non-hydrogen) atoms. The first-order chi connectivity index (χ1) is 20.4. The largest absolute Gasteiger partial charge is 0.420 e. The summed E-state index contributed by atoms with van der Waals surface area (Å²) < 4.78 is 11.9. The van der Waals surface area contributed by atoms with Gasteiger partial charge in [-0.15, -0.1) is 0 Å². The molecule has 0 bridgehead atoms. The molecule has 2 atom stereocenters. The number of hydrogen-bond donors (Lipinski definition) is 3. The number of ether oxygens (including phenoxy) is 1. The molecule has 1 heterocycles. The number of nitrogens with two attached hydrogens (primary N) is 1. The van der Waals surface area contributed by atoms with Crippen LogP contribution in [0.3, 0.4) is 0 Å². The Balaban J connectivity index is 2.32. The smallest absolute Gasteiger partial charge is 0.406 e. The normalized spacial score (nSPS) is 12.7. The van der Waals surface area contributed by atoms with Crippen molar-refractivity contribution >= 4 is 18.9 Å². The molecule has 232 valence electrons. The summed E-state index contributed by atoms with van der Waals surface area (Å²) in [7, 11) is 1.36. The van der Waals surface area contributed by atoms with Crippen molar-refractivity contribution < 1.29 is 19.0 Å². The molecule has 2 aromatic rings. The predicted octanol–water partition coefficient (Wildman–Crippen LogP) is 3.27. The van der Waals surface area contributed by atoms with Crippen LogP contribution in [0.25, 0.3) is 0 Å². The molecule has 10 nitrogen and oxygen atoms in total. The summed E-state index contributed by atoms with van der Waals surface area (Å²) in [6.07, 6.45) is 10.5. The summed E-state index contributed by atoms with van der Waals surface area (Å²) in [4.78, 5) is 37.4. The van der Waals surface area contributed by atoms with Gasteiger partial charge in [0.05, 0.1) is 18.7 Å². The van der Waals surface area contributed by atoms with Crippen LogP contribution in [0.5, 0.6) is 0 Å². The number of rotatable bonds is 22. The molecule has 1 aromatic carbocycles. The van der Waals surface area contributed by atoms with Crippen LogP contribution in [0.2, 0.25) is 0 Å². The lowest BCUT2D eigenvalue weighted by Gasteiger charge is -2.35. The molecule has 4 N–H and O–H groups in total. The zero-order chi connectivity index (χ0) is 30.6. The molecule has 0 aliphatic carbocycles. The Kier molecular flexibility index (Phi) is 17.6. The number of carbonyl (C=O) groups excluding carboxylic acids is 2. The highest BCUT2D eigenvalue weighted by atomic mass is 16.5. The maximum absolute atomic E-state index is 14.0. The van der Waals surface area contributed by atoms with E-state index in [1.165, 1.54) is 18.6 Å². The van der Waals surface area contributed by atoms with Crippen molar-refractivity contribution in [3.8, 4) is 0 Å². The minimum Gasteiger partial charge on any atom is -0.420 e. The third-order valence-corrected chi connectivity index (χ3v) is 6.93. The van der Waals surface area contributed by atoms with Crippen LogP contribution < -0.4 is 16.4 Å². The van der Waals surface area contributed by atoms with Gasteiger partial charge in [-0.25, -0.2) is 4.98 Å². The van der Waals surface area contributed by atoms with E-state index in [1.807, 2.05) is 30.3 Å². The summed E-state index contributed by atoms with van der Waals surface area (Å²) in [5.74, 6) is -0.700. The maximum atomic E-state index is 14.0. The minimum absolute atomic E-state index is 0.159. The van der Waals surface area contributed by atoms with Crippen LogP contribution in [0.15, 0.2) is 48.9 Å². The molecule has 0 unspecified atom stereocenters. The standard InChI is InChI=1S/C31H51BN6O4/c1-5-20-42-32(38(19-21-41-4)18-12-7-6-11-15-33)29(22-25(2)3)37-30(39)27(23-26-13-9-8-10-14-26)36-31(40)28-24-34-16-17-35-28/h8-10,13-14,16-17,24-25,27,29H,5-7,11-12,15,18-23,33H2,1-4H3,(H,36,40)(H,37,39)/t27-,29-/m0/s1. The van der Waals surface area contributed by atoms with E-state index in [0.717, 1.165) is 44.2 Å². The summed E-state index contributed by atoms with van der Waals surface area (Å²) in [5.41, 5.74) is 6.79. The van der Waals surface area contributed by atoms with E-state index in [4.69, 9.17) is 15.1 Å². The zero-order valence-corrected chi connectivity index (χ0v) is 26.0. The Morgan fingerprint density at radius 3 is 2.43 bits per heavy atom. The molecule has 0 aliphatic rings. The summed E-state index contributed by atoms with van der Waals surface area (Å²) in [5, 5.41) is 6.19. The fraction of sp³-hybridized carbons (Fsp3) is 0.613. The topological polar surface area (TPSA) is 132 Å². The number of nitrogens with one attached hydrogen (secondary N) is 2. The fourth-order valence-electron chi connectivity index (χ4n) is 4.85. The van der Waals surface area contributed by atoms with Gasteiger partial charge < -0.3 is 30.6 Å². The second-order valence-electron chi connectivity index (χ2n) is 11.0. The van der Waals surface area contributed by atoms with Crippen molar-refractivity contribution in [1.82, 2.24) is 25.4 Å². The molecule has 0 radical (unpaired) electrons. The van der Waals surface area contributed by atoms with E-state index >= 15 is 0 Å². The van der Waals surface area contributed by atoms with E-state index in [1.54, 1.807) is 7.11 Å². The van der Waals surface area contributed by atoms with Gasteiger partial charge in [0.15, 0.2) is 0 Å². The molecular formula is C31H51BN6O4. The molecule has 0 aliphatic heterocycles. The van der Waals surface area contributed by atoms with E-state index in [9.17, 15) is 9.59 Å². The van der Waals surface area contributed by atoms with Gasteiger partial charge >= 0.3 is 7.05 Å². The fourth-order valence-corrected chi connectivity index (χ4v) is 4.85. The third-order valence-electron chi connectivity index (χ3n) is 6.93. The molecule has 2 rings (SSSR count). The first kappa shape index (κ1) is 35.3. The van der Waals surface area contributed by atoms with Crippen molar-refractivity contribution in [3.63, 3.8) is 0 Å². The average molecular weight is 583 g/mol. The number of benzene rings is 1. The molecule has 11 heteroatoms. The van der Waals surface area contributed by atoms with Gasteiger partial charge in [-0.1, -0.05) is 63.9 Å². The van der Waals surface area contributed by atoms with Gasteiger partial charge in [0.25, 0.3) is 5.91 Å². The van der Waals surface area contributed by atoms with Gasteiger partial charge in [-0.3, -0.25) is 14.6 Å². The van der Waals surface area contributed by atoms with Gasteiger partial charge in [-0.05, 0) is 50.3 Å². The van der Waals surface area contributed by atoms with Crippen LogP contribution in [0, 0.1) is 5.92 Å². The number of methoxy groups -OCH3 is 1. The van der Waals surface area contributed by atoms with Crippen LogP contribution in [-0.4, -0.2) is 85.6 Å². The molecule has 0 fully saturated rings. The summed E-state index contributed by atoms with van der Waals surface area (Å²) in [6, 6.07) is 8.86. The van der Waals surface area contributed by atoms with E-state index in [-0.39, 0.29) is 24.6 Å². The Morgan fingerprint density at radius 2 is 1.79 bits per heavy atom. The summed E-state index contributed by atoms with van der Waals surface area (Å²) in [6.45, 7) is 9.70. The summed E-state index contributed by atoms with van der Waals surface area (Å²) >= 11 is 0. The molecular weight excluding hydrogens is 531 g/mol. The predicted molar refractivity (Wildman–Crippen MR) is 168 cm³/mol. The third kappa shape index (κ3) is 13.4. The number of nitrogens with zero attached hydrogens (tertiary/aromatic N) is 3. The molecule has 0 saturated heterocycles. The minimum atomic E-state index is -0.813. The average Bonchev–Trinajstić information content (AvgIpc) is 2.99. The van der Waals surface area contributed by atoms with Crippen LogP contribution in [0.4, 0.5) is 0 Å². The maximum Gasteiger partial charge on any atom is 0.406 e. The van der Waals surface area contributed by atoms with Gasteiger partial charge in [0.2, 0.25) is 5.91 Å². The lowest BCUT2D eigenvalue weighted by molar-refractivity contribution is -0.123. The number of unbranched alkanes of at least 4 members (excludes halogenated alkanes) is 3. The Bertz CT molecular complexity index is 1000. The van der Waals surface area contributed by atoms with Crippen molar-refractivity contribution in [3.05, 3.63) is 60.2 Å². The Labute approximate surface area is 252 Å². The van der Waals surface area contributed by atoms with E-state index in [2.05, 4.69) is 46.2 Å². The van der Waals surface area contributed by atoms with E-state index in [0.29, 0.717) is 45.1 Å². The number of hydrogen-bond acceptors (Lipinski definition) is 8. The van der Waals surface area contributed by atoms with Crippen molar-refractivity contribution in [2.24, 2.45) is 11.7 Å². The molecule has 0 spiro atoms. The second-order valence-corrected chi connectivity index (χ2v) is 11.0. The molecule has 2 amide bonds. The highest BCUT2D eigenvalue weighted by molar-refractivity contribution is 6.51. The quantitative estimate of drug-likeness (QED) is 0.142. The molecule has 0 saturated carbocycles. The highest BCUT2D eigenvalue weighted by Crippen LogP contribution is 2.15. The monoisotopic (exact) mass is 582 g/mol. The number of aromatic nitrogens is 2. The van der Waals surface area contributed by atoms with E-state index < -0.39 is 11.9 Å². The lowest BCUT2D eigenvalue weighted by Crippen LogP contribution is -2.61. The number of carbonyl (C=O) groups is 2. The first-order valence-corrected chi connectivity index (χ1v) is 15.3. The van der Waals surface area contributed by atoms with Gasteiger partial charge in [0.1, 0.15) is 11.7 Å². The van der Waals surface area contributed by atoms with Crippen molar-refractivity contribution in [1.29, 1.82) is 0 Å². The zero-order valence-electron chi connectivity index (χ0n) is 26.0. The Hall–Kier alpha value is -2.86. The second kappa shape index (κ2) is 20.9.